The summed E-state index contributed by atoms with van der Waals surface area (Å²) in [5.41, 5.74) is 3.66. The van der Waals surface area contributed by atoms with Gasteiger partial charge in [0.25, 0.3) is 0 Å². The average Bonchev–Trinajstić information content (AvgIpc) is 3.19. The van der Waals surface area contributed by atoms with Gasteiger partial charge in [0.05, 0.1) is 24.3 Å². The molecule has 0 aliphatic carbocycles. The minimum Gasteiger partial charge on any atom is -0.495 e. The van der Waals surface area contributed by atoms with E-state index in [1.807, 2.05) is 36.8 Å². The largest absolute Gasteiger partial charge is 0.495 e. The van der Waals surface area contributed by atoms with Crippen molar-refractivity contribution in [3.8, 4) is 5.75 Å². The van der Waals surface area contributed by atoms with Gasteiger partial charge in [-0.3, -0.25) is 14.7 Å². The highest BCUT2D eigenvalue weighted by Gasteiger charge is 2.31. The van der Waals surface area contributed by atoms with Crippen molar-refractivity contribution >= 4 is 22.9 Å². The monoisotopic (exact) mass is 331 g/mol. The number of likely N-dealkylation sites (tertiary alicyclic amines) is 1. The third-order valence-electron chi connectivity index (χ3n) is 4.12. The van der Waals surface area contributed by atoms with Gasteiger partial charge in [-0.15, -0.1) is 11.3 Å². The van der Waals surface area contributed by atoms with Crippen molar-refractivity contribution in [2.75, 3.05) is 19.0 Å². The number of aryl methyl sites for hydroxylation is 1. The van der Waals surface area contributed by atoms with Crippen LogP contribution in [-0.2, 0) is 11.3 Å². The summed E-state index contributed by atoms with van der Waals surface area (Å²) in [6, 6.07) is 5.70. The number of anilines is 1. The van der Waals surface area contributed by atoms with Gasteiger partial charge in [-0.05, 0) is 44.0 Å². The first-order chi connectivity index (χ1) is 11.2. The number of benzene rings is 1. The third-order valence-corrected chi connectivity index (χ3v) is 4.89. The molecule has 23 heavy (non-hydrogen) atoms. The molecule has 0 bridgehead atoms. The fourth-order valence-electron chi connectivity index (χ4n) is 2.97. The number of amides is 1. The van der Waals surface area contributed by atoms with Gasteiger partial charge in [-0.2, -0.15) is 0 Å². The molecule has 1 N–H and O–H groups in total. The molecule has 1 aliphatic rings. The van der Waals surface area contributed by atoms with Crippen LogP contribution in [0.25, 0.3) is 0 Å². The van der Waals surface area contributed by atoms with E-state index in [4.69, 9.17) is 4.74 Å². The van der Waals surface area contributed by atoms with Crippen molar-refractivity contribution in [2.24, 2.45) is 0 Å². The quantitative estimate of drug-likeness (QED) is 0.915. The Morgan fingerprint density at radius 2 is 2.39 bits per heavy atom. The highest BCUT2D eigenvalue weighted by molar-refractivity contribution is 7.09. The summed E-state index contributed by atoms with van der Waals surface area (Å²) in [6.45, 7) is 3.73. The highest BCUT2D eigenvalue weighted by atomic mass is 32.1. The molecule has 0 radical (unpaired) electrons. The van der Waals surface area contributed by atoms with Crippen LogP contribution in [0.5, 0.6) is 5.75 Å². The summed E-state index contributed by atoms with van der Waals surface area (Å²) in [5, 5.41) is 3.04. The molecule has 0 unspecified atom stereocenters. The second kappa shape index (κ2) is 7.10. The first-order valence-electron chi connectivity index (χ1n) is 7.74. The Bertz CT molecular complexity index is 672. The summed E-state index contributed by atoms with van der Waals surface area (Å²) in [6.07, 6.45) is 3.81. The number of carbonyl (C=O) groups excluding carboxylic acids is 1. The van der Waals surface area contributed by atoms with Crippen LogP contribution in [0, 0.1) is 6.92 Å². The van der Waals surface area contributed by atoms with Crippen LogP contribution < -0.4 is 10.1 Å². The molecule has 0 saturated carbocycles. The Morgan fingerprint density at radius 1 is 1.52 bits per heavy atom. The van der Waals surface area contributed by atoms with Crippen molar-refractivity contribution in [1.82, 2.24) is 9.88 Å². The van der Waals surface area contributed by atoms with E-state index >= 15 is 0 Å². The van der Waals surface area contributed by atoms with Gasteiger partial charge in [-0.1, -0.05) is 6.07 Å². The molecule has 5 nitrogen and oxygen atoms in total. The predicted octanol–water partition coefficient (Wildman–Crippen LogP) is 3.06. The SMILES string of the molecule is COc1ccc(C)cc1NC(=O)[C@H]1CCCN1Cc1cncs1. The molecule has 1 aromatic carbocycles. The first kappa shape index (κ1) is 16.0. The average molecular weight is 331 g/mol. The first-order valence-corrected chi connectivity index (χ1v) is 8.62. The van der Waals surface area contributed by atoms with Crippen molar-refractivity contribution in [3.63, 3.8) is 0 Å². The molecule has 0 spiro atoms. The summed E-state index contributed by atoms with van der Waals surface area (Å²) in [5.74, 6) is 0.729. The number of carbonyl (C=O) groups is 1. The molecule has 1 aromatic heterocycles. The molecule has 1 aliphatic heterocycles. The summed E-state index contributed by atoms with van der Waals surface area (Å²) < 4.78 is 5.34. The van der Waals surface area contributed by atoms with Gasteiger partial charge in [0, 0.05) is 17.6 Å². The number of methoxy groups -OCH3 is 1. The number of ether oxygens (including phenoxy) is 1. The smallest absolute Gasteiger partial charge is 0.241 e. The lowest BCUT2D eigenvalue weighted by atomic mass is 10.1. The molecule has 1 saturated heterocycles. The third kappa shape index (κ3) is 3.71. The zero-order chi connectivity index (χ0) is 16.2. The van der Waals surface area contributed by atoms with E-state index in [0.717, 1.165) is 37.2 Å². The van der Waals surface area contributed by atoms with Crippen LogP contribution >= 0.6 is 11.3 Å². The van der Waals surface area contributed by atoms with E-state index in [1.54, 1.807) is 18.4 Å². The fourth-order valence-corrected chi connectivity index (χ4v) is 3.59. The van der Waals surface area contributed by atoms with Gasteiger partial charge in [0.1, 0.15) is 5.75 Å². The highest BCUT2D eigenvalue weighted by Crippen LogP contribution is 2.27. The maximum absolute atomic E-state index is 12.7. The summed E-state index contributed by atoms with van der Waals surface area (Å²) >= 11 is 1.63. The second-order valence-corrected chi connectivity index (χ2v) is 6.76. The molecule has 6 heteroatoms. The van der Waals surface area contributed by atoms with Gasteiger partial charge < -0.3 is 10.1 Å². The van der Waals surface area contributed by atoms with Crippen LogP contribution in [0.4, 0.5) is 5.69 Å². The standard InChI is InChI=1S/C17H21N3O2S/c1-12-5-6-16(22-2)14(8-12)19-17(21)15-4-3-7-20(15)10-13-9-18-11-23-13/h5-6,8-9,11,15H,3-4,7,10H2,1-2H3,(H,19,21)/t15-/m1/s1. The maximum Gasteiger partial charge on any atom is 0.241 e. The Morgan fingerprint density at radius 3 is 3.13 bits per heavy atom. The van der Waals surface area contributed by atoms with Crippen molar-refractivity contribution < 1.29 is 9.53 Å². The van der Waals surface area contributed by atoms with Crippen LogP contribution in [-0.4, -0.2) is 35.5 Å². The second-order valence-electron chi connectivity index (χ2n) is 5.79. The molecular weight excluding hydrogens is 310 g/mol. The van der Waals surface area contributed by atoms with E-state index in [0.29, 0.717) is 5.75 Å². The van der Waals surface area contributed by atoms with E-state index in [9.17, 15) is 4.79 Å². The number of rotatable bonds is 5. The lowest BCUT2D eigenvalue weighted by Gasteiger charge is -2.23. The maximum atomic E-state index is 12.7. The Kier molecular flexibility index (Phi) is 4.93. The zero-order valence-electron chi connectivity index (χ0n) is 13.4. The predicted molar refractivity (Wildman–Crippen MR) is 91.9 cm³/mol. The lowest BCUT2D eigenvalue weighted by Crippen LogP contribution is -2.39. The molecule has 122 valence electrons. The molecule has 1 fully saturated rings. The van der Waals surface area contributed by atoms with Crippen LogP contribution in [0.3, 0.4) is 0 Å². The van der Waals surface area contributed by atoms with Gasteiger partial charge in [0.15, 0.2) is 0 Å². The Balaban J connectivity index is 1.71. The molecule has 2 aromatic rings. The molecule has 1 amide bonds. The minimum absolute atomic E-state index is 0.0379. The number of hydrogen-bond acceptors (Lipinski definition) is 5. The Hall–Kier alpha value is -1.92. The van der Waals surface area contributed by atoms with E-state index in [2.05, 4.69) is 15.2 Å². The zero-order valence-corrected chi connectivity index (χ0v) is 14.2. The lowest BCUT2D eigenvalue weighted by molar-refractivity contribution is -0.120. The van der Waals surface area contributed by atoms with Crippen LogP contribution in [0.1, 0.15) is 23.3 Å². The van der Waals surface area contributed by atoms with E-state index in [-0.39, 0.29) is 11.9 Å². The molecule has 1 atom stereocenters. The van der Waals surface area contributed by atoms with Gasteiger partial charge >= 0.3 is 0 Å². The Labute approximate surface area is 140 Å². The van der Waals surface area contributed by atoms with Gasteiger partial charge in [0.2, 0.25) is 5.91 Å². The number of nitrogens with zero attached hydrogens (tertiary/aromatic N) is 2. The summed E-state index contributed by atoms with van der Waals surface area (Å²) in [7, 11) is 1.62. The van der Waals surface area contributed by atoms with Crippen molar-refractivity contribution in [1.29, 1.82) is 0 Å². The van der Waals surface area contributed by atoms with E-state index < -0.39 is 0 Å². The molecule has 2 heterocycles. The van der Waals surface area contributed by atoms with Gasteiger partial charge in [-0.25, -0.2) is 0 Å². The number of thiazole rings is 1. The van der Waals surface area contributed by atoms with E-state index in [1.165, 1.54) is 4.88 Å². The number of nitrogens with one attached hydrogen (secondary N) is 1. The number of hydrogen-bond donors (Lipinski definition) is 1. The van der Waals surface area contributed by atoms with Crippen LogP contribution in [0.2, 0.25) is 0 Å². The van der Waals surface area contributed by atoms with Crippen molar-refractivity contribution in [3.05, 3.63) is 40.3 Å². The topological polar surface area (TPSA) is 54.5 Å². The van der Waals surface area contributed by atoms with Crippen LogP contribution in [0.15, 0.2) is 29.9 Å². The molecular formula is C17H21N3O2S. The number of aromatic nitrogens is 1. The van der Waals surface area contributed by atoms with Crippen molar-refractivity contribution in [2.45, 2.75) is 32.4 Å². The minimum atomic E-state index is -0.0951. The normalized spacial score (nSPS) is 18.1. The summed E-state index contributed by atoms with van der Waals surface area (Å²) in [4.78, 5) is 20.2. The fraction of sp³-hybridized carbons (Fsp3) is 0.412. The molecule has 3 rings (SSSR count).